The van der Waals surface area contributed by atoms with Crippen molar-refractivity contribution < 1.29 is 23.8 Å². The summed E-state index contributed by atoms with van der Waals surface area (Å²) in [5.74, 6) is 0.413. The molecule has 0 N–H and O–H groups in total. The minimum atomic E-state index is -0.469. The summed E-state index contributed by atoms with van der Waals surface area (Å²) < 4.78 is 18.0. The van der Waals surface area contributed by atoms with Crippen LogP contribution in [-0.2, 0) is 16.1 Å². The van der Waals surface area contributed by atoms with Crippen LogP contribution in [0.3, 0.4) is 0 Å². The van der Waals surface area contributed by atoms with Crippen LogP contribution in [0.25, 0.3) is 10.2 Å². The van der Waals surface area contributed by atoms with Crippen LogP contribution in [0.2, 0.25) is 0 Å². The van der Waals surface area contributed by atoms with Crippen LogP contribution in [0.5, 0.6) is 11.5 Å². The molecule has 0 bridgehead atoms. The zero-order valence-electron chi connectivity index (χ0n) is 17.6. The van der Waals surface area contributed by atoms with Crippen molar-refractivity contribution in [3.8, 4) is 11.5 Å². The van der Waals surface area contributed by atoms with Crippen LogP contribution >= 0.6 is 11.3 Å². The van der Waals surface area contributed by atoms with Crippen molar-refractivity contribution in [3.63, 3.8) is 0 Å². The molecule has 3 aromatic rings. The third-order valence-electron chi connectivity index (χ3n) is 4.72. The van der Waals surface area contributed by atoms with E-state index in [4.69, 9.17) is 14.2 Å². The summed E-state index contributed by atoms with van der Waals surface area (Å²) >= 11 is 1.35. The number of carbonyl (C=O) groups is 2. The largest absolute Gasteiger partial charge is 0.497 e. The lowest BCUT2D eigenvalue weighted by molar-refractivity contribution is -0.141. The predicted octanol–water partition coefficient (Wildman–Crippen LogP) is 3.76. The molecule has 1 aromatic heterocycles. The summed E-state index contributed by atoms with van der Waals surface area (Å²) in [6.45, 7) is 4.19. The Labute approximate surface area is 178 Å². The van der Waals surface area contributed by atoms with Gasteiger partial charge in [-0.1, -0.05) is 31.3 Å². The summed E-state index contributed by atoms with van der Waals surface area (Å²) in [6, 6.07) is 10.9. The first-order valence-corrected chi connectivity index (χ1v) is 10.2. The Morgan fingerprint density at radius 1 is 1.07 bits per heavy atom. The predicted molar refractivity (Wildman–Crippen MR) is 115 cm³/mol. The maximum Gasteiger partial charge on any atom is 0.325 e. The lowest BCUT2D eigenvalue weighted by Gasteiger charge is -2.08. The van der Waals surface area contributed by atoms with E-state index in [1.54, 1.807) is 29.9 Å². The maximum atomic E-state index is 12.9. The Kier molecular flexibility index (Phi) is 6.56. The van der Waals surface area contributed by atoms with Gasteiger partial charge in [-0.2, -0.15) is 4.99 Å². The molecule has 2 aromatic carbocycles. The average molecular weight is 429 g/mol. The number of hydrogen-bond donors (Lipinski definition) is 0. The van der Waals surface area contributed by atoms with E-state index in [0.717, 1.165) is 10.2 Å². The first-order chi connectivity index (χ1) is 14.4. The van der Waals surface area contributed by atoms with Crippen LogP contribution in [-0.4, -0.2) is 37.8 Å². The molecule has 1 amide bonds. The van der Waals surface area contributed by atoms with E-state index in [1.165, 1.54) is 31.1 Å². The van der Waals surface area contributed by atoms with Crippen LogP contribution in [0.15, 0.2) is 41.4 Å². The van der Waals surface area contributed by atoms with Gasteiger partial charge in [0.2, 0.25) is 0 Å². The summed E-state index contributed by atoms with van der Waals surface area (Å²) in [7, 11) is 4.35. The standard InChI is InChI=1S/C22H24N2O5S/c1-13(2)14-6-9-17-19(10-14)30-22(24(17)12-20(25)29-5)23-21(26)16-8-7-15(27-3)11-18(16)28-4/h6-11,13H,12H2,1-5H3. The number of methoxy groups -OCH3 is 3. The molecule has 0 spiro atoms. The normalized spacial score (nSPS) is 11.7. The number of aromatic nitrogens is 1. The molecular formula is C22H24N2O5S. The Hall–Kier alpha value is -3.13. The topological polar surface area (TPSA) is 79.1 Å². The monoisotopic (exact) mass is 428 g/mol. The summed E-state index contributed by atoms with van der Waals surface area (Å²) in [6.07, 6.45) is 0. The number of fused-ring (bicyclic) bond motifs is 1. The second-order valence-corrected chi connectivity index (χ2v) is 7.92. The fraction of sp³-hybridized carbons (Fsp3) is 0.318. The average Bonchev–Trinajstić information content (AvgIpc) is 3.08. The van der Waals surface area contributed by atoms with Gasteiger partial charge in [-0.25, -0.2) is 0 Å². The van der Waals surface area contributed by atoms with E-state index in [9.17, 15) is 9.59 Å². The number of ether oxygens (including phenoxy) is 3. The number of benzene rings is 2. The molecule has 8 heteroatoms. The molecule has 0 radical (unpaired) electrons. The molecule has 0 atom stereocenters. The molecule has 0 fully saturated rings. The fourth-order valence-electron chi connectivity index (χ4n) is 3.00. The minimum Gasteiger partial charge on any atom is -0.497 e. The van der Waals surface area contributed by atoms with Crippen molar-refractivity contribution >= 4 is 33.4 Å². The second kappa shape index (κ2) is 9.13. The van der Waals surface area contributed by atoms with Crippen molar-refractivity contribution in [2.24, 2.45) is 4.99 Å². The molecule has 3 rings (SSSR count). The molecule has 158 valence electrons. The zero-order valence-corrected chi connectivity index (χ0v) is 18.4. The Morgan fingerprint density at radius 2 is 1.83 bits per heavy atom. The SMILES string of the molecule is COC(=O)Cn1c(=NC(=O)c2ccc(OC)cc2OC)sc2cc(C(C)C)ccc21. The third kappa shape index (κ3) is 4.38. The van der Waals surface area contributed by atoms with Crippen molar-refractivity contribution in [3.05, 3.63) is 52.3 Å². The van der Waals surface area contributed by atoms with Gasteiger partial charge in [0, 0.05) is 6.07 Å². The Bertz CT molecular complexity index is 1160. The minimum absolute atomic E-state index is 0.0383. The summed E-state index contributed by atoms with van der Waals surface area (Å²) in [5, 5.41) is 0. The van der Waals surface area contributed by atoms with Crippen molar-refractivity contribution in [1.82, 2.24) is 4.57 Å². The molecule has 30 heavy (non-hydrogen) atoms. The molecule has 7 nitrogen and oxygen atoms in total. The van der Waals surface area contributed by atoms with Gasteiger partial charge in [0.1, 0.15) is 18.0 Å². The van der Waals surface area contributed by atoms with Gasteiger partial charge in [-0.3, -0.25) is 9.59 Å². The molecule has 0 unspecified atom stereocenters. The number of rotatable bonds is 6. The maximum absolute atomic E-state index is 12.9. The van der Waals surface area contributed by atoms with E-state index in [-0.39, 0.29) is 6.54 Å². The molecule has 0 aliphatic carbocycles. The van der Waals surface area contributed by atoms with Crippen LogP contribution in [0.4, 0.5) is 0 Å². The van der Waals surface area contributed by atoms with Gasteiger partial charge in [0.05, 0.1) is 37.1 Å². The third-order valence-corrected chi connectivity index (χ3v) is 5.77. The number of hydrogen-bond acceptors (Lipinski definition) is 6. The van der Waals surface area contributed by atoms with Crippen LogP contribution < -0.4 is 14.3 Å². The first-order valence-electron chi connectivity index (χ1n) is 9.39. The van der Waals surface area contributed by atoms with E-state index in [2.05, 4.69) is 24.9 Å². The van der Waals surface area contributed by atoms with Gasteiger partial charge in [0.25, 0.3) is 5.91 Å². The van der Waals surface area contributed by atoms with Crippen LogP contribution in [0, 0.1) is 0 Å². The molecular weight excluding hydrogens is 404 g/mol. The summed E-state index contributed by atoms with van der Waals surface area (Å²) in [5.41, 5.74) is 2.30. The highest BCUT2D eigenvalue weighted by atomic mass is 32.1. The molecule has 1 heterocycles. The highest BCUT2D eigenvalue weighted by molar-refractivity contribution is 7.16. The van der Waals surface area contributed by atoms with Gasteiger partial charge >= 0.3 is 5.97 Å². The highest BCUT2D eigenvalue weighted by Gasteiger charge is 2.16. The summed E-state index contributed by atoms with van der Waals surface area (Å²) in [4.78, 5) is 29.6. The van der Waals surface area contributed by atoms with E-state index >= 15 is 0 Å². The highest BCUT2D eigenvalue weighted by Crippen LogP contribution is 2.26. The molecule has 0 aliphatic heterocycles. The van der Waals surface area contributed by atoms with E-state index in [1.807, 2.05) is 12.1 Å². The number of nitrogens with zero attached hydrogens (tertiary/aromatic N) is 2. The van der Waals surface area contributed by atoms with Gasteiger partial charge in [0.15, 0.2) is 4.80 Å². The van der Waals surface area contributed by atoms with Crippen molar-refractivity contribution in [2.75, 3.05) is 21.3 Å². The lowest BCUT2D eigenvalue weighted by Crippen LogP contribution is -2.22. The zero-order chi connectivity index (χ0) is 21.8. The quantitative estimate of drug-likeness (QED) is 0.559. The van der Waals surface area contributed by atoms with E-state index < -0.39 is 11.9 Å². The van der Waals surface area contributed by atoms with E-state index in [0.29, 0.717) is 27.8 Å². The smallest absolute Gasteiger partial charge is 0.325 e. The van der Waals surface area contributed by atoms with Gasteiger partial charge in [-0.05, 0) is 35.7 Å². The van der Waals surface area contributed by atoms with Gasteiger partial charge < -0.3 is 18.8 Å². The number of carbonyl (C=O) groups excluding carboxylic acids is 2. The molecule has 0 saturated carbocycles. The number of esters is 1. The number of thiazole rings is 1. The Morgan fingerprint density at radius 3 is 2.47 bits per heavy atom. The van der Waals surface area contributed by atoms with Crippen molar-refractivity contribution in [1.29, 1.82) is 0 Å². The molecule has 0 aliphatic rings. The second-order valence-electron chi connectivity index (χ2n) is 6.91. The lowest BCUT2D eigenvalue weighted by atomic mass is 10.0. The number of amides is 1. The Balaban J connectivity index is 2.15. The molecule has 0 saturated heterocycles. The first kappa shape index (κ1) is 21.6. The van der Waals surface area contributed by atoms with Gasteiger partial charge in [-0.15, -0.1) is 0 Å². The van der Waals surface area contributed by atoms with Crippen LogP contribution in [0.1, 0.15) is 35.7 Å². The van der Waals surface area contributed by atoms with Crippen molar-refractivity contribution in [2.45, 2.75) is 26.3 Å². The fourth-order valence-corrected chi connectivity index (χ4v) is 4.08.